The van der Waals surface area contributed by atoms with Crippen molar-refractivity contribution in [3.8, 4) is 0 Å². The van der Waals surface area contributed by atoms with Gasteiger partial charge in [-0.1, -0.05) is 13.3 Å². The molecule has 0 spiro atoms. The zero-order chi connectivity index (χ0) is 19.7. The summed E-state index contributed by atoms with van der Waals surface area (Å²) in [6.07, 6.45) is 8.12. The molecule has 1 saturated heterocycles. The van der Waals surface area contributed by atoms with Crippen LogP contribution < -0.4 is 4.90 Å². The number of amides is 1. The number of aryl methyl sites for hydroxylation is 3. The Morgan fingerprint density at radius 2 is 1.89 bits per heavy atom. The molecule has 4 rings (SSSR count). The number of hydrogen-bond donors (Lipinski definition) is 0. The third-order valence-corrected chi connectivity index (χ3v) is 7.17. The van der Waals surface area contributed by atoms with Crippen LogP contribution in [0.3, 0.4) is 0 Å². The molecule has 1 fully saturated rings. The number of carbonyl (C=O) groups excluding carboxylic acids is 1. The monoisotopic (exact) mass is 420 g/mol. The average molecular weight is 421 g/mol. The number of halogens is 1. The van der Waals surface area contributed by atoms with Crippen LogP contribution in [0.1, 0.15) is 55.8 Å². The van der Waals surface area contributed by atoms with E-state index >= 15 is 0 Å². The molecule has 0 aromatic carbocycles. The lowest BCUT2D eigenvalue weighted by Gasteiger charge is -2.36. The van der Waals surface area contributed by atoms with Gasteiger partial charge in [-0.25, -0.2) is 9.97 Å². The van der Waals surface area contributed by atoms with Crippen molar-refractivity contribution in [2.24, 2.45) is 0 Å². The maximum atomic E-state index is 12.2. The Morgan fingerprint density at radius 3 is 2.61 bits per heavy atom. The smallest absolute Gasteiger partial charge is 0.240 e. The number of anilines is 1. The highest BCUT2D eigenvalue weighted by Crippen LogP contribution is 2.39. The van der Waals surface area contributed by atoms with Crippen molar-refractivity contribution in [2.75, 3.05) is 31.1 Å². The first-order chi connectivity index (χ1) is 13.6. The average Bonchev–Trinajstić information content (AvgIpc) is 2.88. The van der Waals surface area contributed by atoms with Gasteiger partial charge in [0.1, 0.15) is 21.8 Å². The van der Waals surface area contributed by atoms with E-state index in [0.29, 0.717) is 13.1 Å². The third kappa shape index (κ3) is 3.86. The quantitative estimate of drug-likeness (QED) is 0.549. The minimum atomic E-state index is -0.457. The summed E-state index contributed by atoms with van der Waals surface area (Å²) in [4.78, 5) is 29.1. The topological polar surface area (TPSA) is 49.3 Å². The van der Waals surface area contributed by atoms with E-state index in [1.165, 1.54) is 41.5 Å². The molecule has 5 nitrogen and oxygen atoms in total. The maximum Gasteiger partial charge on any atom is 0.240 e. The summed E-state index contributed by atoms with van der Waals surface area (Å²) in [6, 6.07) is 0. The van der Waals surface area contributed by atoms with Crippen LogP contribution in [0.15, 0.2) is 0 Å². The first-order valence-corrected chi connectivity index (χ1v) is 11.8. The molecule has 0 bridgehead atoms. The van der Waals surface area contributed by atoms with Crippen molar-refractivity contribution in [3.63, 3.8) is 0 Å². The van der Waals surface area contributed by atoms with E-state index in [4.69, 9.17) is 21.6 Å². The lowest BCUT2D eigenvalue weighted by Crippen LogP contribution is -2.50. The molecule has 0 radical (unpaired) electrons. The van der Waals surface area contributed by atoms with Gasteiger partial charge in [-0.05, 0) is 44.6 Å². The number of piperazine rings is 1. The number of fused-ring (bicyclic) bond motifs is 3. The minimum Gasteiger partial charge on any atom is -0.352 e. The fraction of sp³-hybridized carbons (Fsp3) is 0.667. The zero-order valence-corrected chi connectivity index (χ0v) is 18.4. The van der Waals surface area contributed by atoms with Crippen molar-refractivity contribution in [3.05, 3.63) is 16.3 Å². The largest absolute Gasteiger partial charge is 0.352 e. The van der Waals surface area contributed by atoms with Gasteiger partial charge in [-0.2, -0.15) is 0 Å². The van der Waals surface area contributed by atoms with Crippen molar-refractivity contribution < 1.29 is 4.79 Å². The predicted octanol–water partition coefficient (Wildman–Crippen LogP) is 4.19. The molecule has 1 amide bonds. The number of aromatic nitrogens is 2. The van der Waals surface area contributed by atoms with Crippen LogP contribution in [0.5, 0.6) is 0 Å². The Hall–Kier alpha value is -1.40. The van der Waals surface area contributed by atoms with Gasteiger partial charge in [-0.15, -0.1) is 22.9 Å². The molecule has 1 atom stereocenters. The Morgan fingerprint density at radius 1 is 1.14 bits per heavy atom. The SMILES string of the molecule is CCCc1nc(N2CCN(C(=O)[C@H](C)Cl)CC2)c2c3c(sc2n1)CCCCC3. The van der Waals surface area contributed by atoms with Crippen molar-refractivity contribution in [1.82, 2.24) is 14.9 Å². The molecule has 2 aliphatic rings. The second-order valence-electron chi connectivity index (χ2n) is 7.89. The fourth-order valence-electron chi connectivity index (χ4n) is 4.31. The van der Waals surface area contributed by atoms with Crippen LogP contribution in [0.4, 0.5) is 5.82 Å². The molecule has 1 aliphatic heterocycles. The highest BCUT2D eigenvalue weighted by Gasteiger charge is 2.28. The molecular weight excluding hydrogens is 392 g/mol. The van der Waals surface area contributed by atoms with Gasteiger partial charge in [0.25, 0.3) is 0 Å². The summed E-state index contributed by atoms with van der Waals surface area (Å²) < 4.78 is 0. The number of rotatable bonds is 4. The van der Waals surface area contributed by atoms with Crippen LogP contribution in [0.2, 0.25) is 0 Å². The highest BCUT2D eigenvalue weighted by atomic mass is 35.5. The van der Waals surface area contributed by atoms with Crippen molar-refractivity contribution in [1.29, 1.82) is 0 Å². The number of carbonyl (C=O) groups is 1. The lowest BCUT2D eigenvalue weighted by molar-refractivity contribution is -0.130. The second kappa shape index (κ2) is 8.54. The first kappa shape index (κ1) is 19.9. The van der Waals surface area contributed by atoms with Gasteiger partial charge >= 0.3 is 0 Å². The molecule has 0 saturated carbocycles. The van der Waals surface area contributed by atoms with Crippen LogP contribution in [0, 0.1) is 0 Å². The van der Waals surface area contributed by atoms with E-state index in [1.807, 2.05) is 16.2 Å². The number of thiophene rings is 1. The zero-order valence-electron chi connectivity index (χ0n) is 16.8. The highest BCUT2D eigenvalue weighted by molar-refractivity contribution is 7.19. The van der Waals surface area contributed by atoms with Crippen molar-refractivity contribution >= 4 is 44.9 Å². The van der Waals surface area contributed by atoms with Gasteiger partial charge in [-0.3, -0.25) is 4.79 Å². The van der Waals surface area contributed by atoms with E-state index in [9.17, 15) is 4.79 Å². The number of hydrogen-bond acceptors (Lipinski definition) is 5. The maximum absolute atomic E-state index is 12.2. The molecule has 7 heteroatoms. The summed E-state index contributed by atoms with van der Waals surface area (Å²) in [6.45, 7) is 6.94. The molecule has 28 heavy (non-hydrogen) atoms. The Balaban J connectivity index is 1.69. The van der Waals surface area contributed by atoms with Crippen LogP contribution in [-0.2, 0) is 24.1 Å². The Bertz CT molecular complexity index is 858. The summed E-state index contributed by atoms with van der Waals surface area (Å²) in [5.41, 5.74) is 1.49. The Kier molecular flexibility index (Phi) is 6.07. The molecule has 0 unspecified atom stereocenters. The number of alkyl halides is 1. The second-order valence-corrected chi connectivity index (χ2v) is 9.62. The molecule has 0 N–H and O–H groups in total. The van der Waals surface area contributed by atoms with Gasteiger partial charge in [0.2, 0.25) is 5.91 Å². The lowest BCUT2D eigenvalue weighted by atomic mass is 10.1. The molecule has 2 aromatic heterocycles. The van der Waals surface area contributed by atoms with E-state index in [2.05, 4.69) is 11.8 Å². The third-order valence-electron chi connectivity index (χ3n) is 5.80. The van der Waals surface area contributed by atoms with E-state index in [-0.39, 0.29) is 5.91 Å². The summed E-state index contributed by atoms with van der Waals surface area (Å²) in [5, 5.41) is 0.827. The van der Waals surface area contributed by atoms with Crippen LogP contribution >= 0.6 is 22.9 Å². The van der Waals surface area contributed by atoms with E-state index in [1.54, 1.807) is 6.92 Å². The molecule has 2 aromatic rings. The van der Waals surface area contributed by atoms with Crippen LogP contribution in [0.25, 0.3) is 10.2 Å². The molecular formula is C21H29ClN4OS. The van der Waals surface area contributed by atoms with E-state index in [0.717, 1.165) is 48.8 Å². The van der Waals surface area contributed by atoms with Gasteiger partial charge in [0.15, 0.2) is 0 Å². The standard InChI is InChI=1S/C21H29ClN4OS/c1-3-7-17-23-19(25-10-12-26(13-11-25)21(27)14(2)22)18-15-8-5-4-6-9-16(15)28-20(18)24-17/h14H,3-13H2,1-2H3/t14-/m0/s1. The van der Waals surface area contributed by atoms with E-state index < -0.39 is 5.38 Å². The van der Waals surface area contributed by atoms with Gasteiger partial charge < -0.3 is 9.80 Å². The van der Waals surface area contributed by atoms with Crippen molar-refractivity contribution in [2.45, 2.75) is 64.2 Å². The summed E-state index contributed by atoms with van der Waals surface area (Å²) in [7, 11) is 0. The Labute approximate surface area is 176 Å². The van der Waals surface area contributed by atoms with Gasteiger partial charge in [0.05, 0.1) is 5.39 Å². The summed E-state index contributed by atoms with van der Waals surface area (Å²) in [5.74, 6) is 2.08. The van der Waals surface area contributed by atoms with Gasteiger partial charge in [0, 0.05) is 37.5 Å². The predicted molar refractivity (Wildman–Crippen MR) is 117 cm³/mol. The molecule has 152 valence electrons. The number of nitrogens with zero attached hydrogens (tertiary/aromatic N) is 4. The summed E-state index contributed by atoms with van der Waals surface area (Å²) >= 11 is 7.89. The molecule has 1 aliphatic carbocycles. The van der Waals surface area contributed by atoms with Crippen LogP contribution in [-0.4, -0.2) is 52.3 Å². The molecule has 3 heterocycles. The normalized spacial score (nSPS) is 18.8. The fourth-order valence-corrected chi connectivity index (χ4v) is 5.73. The first-order valence-electron chi connectivity index (χ1n) is 10.6. The minimum absolute atomic E-state index is 0.0326.